The molecule has 3 rings (SSSR count). The van der Waals surface area contributed by atoms with Crippen molar-refractivity contribution in [2.45, 2.75) is 13.3 Å². The number of nitrogens with zero attached hydrogens (tertiary/aromatic N) is 2. The maximum absolute atomic E-state index is 13.4. The zero-order valence-electron chi connectivity index (χ0n) is 15.7. The number of halogens is 2. The Bertz CT molecular complexity index is 847. The average Bonchev–Trinajstić information content (AvgIpc) is 2.69. The van der Waals surface area contributed by atoms with Crippen LogP contribution in [0.5, 0.6) is 5.75 Å². The molecule has 2 aromatic rings. The highest BCUT2D eigenvalue weighted by Crippen LogP contribution is 2.20. The van der Waals surface area contributed by atoms with E-state index in [1.54, 1.807) is 17.0 Å². The molecule has 0 unspecified atom stereocenters. The summed E-state index contributed by atoms with van der Waals surface area (Å²) in [5.41, 5.74) is 1.51. The number of piperazine rings is 1. The lowest BCUT2D eigenvalue weighted by Gasteiger charge is -2.36. The van der Waals surface area contributed by atoms with E-state index >= 15 is 0 Å². The molecule has 0 radical (unpaired) electrons. The van der Waals surface area contributed by atoms with Crippen LogP contribution >= 0.6 is 0 Å². The lowest BCUT2D eigenvalue weighted by molar-refractivity contribution is -0.133. The van der Waals surface area contributed by atoms with E-state index < -0.39 is 11.6 Å². The Balaban J connectivity index is 1.47. The topological polar surface area (TPSA) is 49.9 Å². The molecular weight excluding hydrogens is 366 g/mol. The molecule has 0 aromatic heterocycles. The van der Waals surface area contributed by atoms with Gasteiger partial charge in [-0.15, -0.1) is 0 Å². The Morgan fingerprint density at radius 1 is 0.964 bits per heavy atom. The van der Waals surface area contributed by atoms with Gasteiger partial charge >= 0.3 is 0 Å². The normalized spacial score (nSPS) is 14.1. The summed E-state index contributed by atoms with van der Waals surface area (Å²) < 4.78 is 32.0. The van der Waals surface area contributed by atoms with Crippen molar-refractivity contribution in [2.75, 3.05) is 37.7 Å². The molecular formula is C21H22F2N2O3. The fourth-order valence-electron chi connectivity index (χ4n) is 3.12. The van der Waals surface area contributed by atoms with Gasteiger partial charge in [0.25, 0.3) is 5.91 Å². The lowest BCUT2D eigenvalue weighted by Crippen LogP contribution is -2.50. The number of amides is 1. The molecule has 0 atom stereocenters. The van der Waals surface area contributed by atoms with Gasteiger partial charge in [0.1, 0.15) is 11.5 Å². The maximum atomic E-state index is 13.4. The molecule has 0 aliphatic carbocycles. The second-order valence-corrected chi connectivity index (χ2v) is 6.78. The van der Waals surface area contributed by atoms with E-state index in [0.29, 0.717) is 44.0 Å². The third-order valence-electron chi connectivity index (χ3n) is 4.64. The number of anilines is 1. The van der Waals surface area contributed by atoms with Crippen molar-refractivity contribution in [3.05, 3.63) is 59.7 Å². The molecule has 1 heterocycles. The van der Waals surface area contributed by atoms with Gasteiger partial charge in [-0.3, -0.25) is 9.59 Å². The van der Waals surface area contributed by atoms with Gasteiger partial charge in [-0.2, -0.15) is 0 Å². The van der Waals surface area contributed by atoms with Crippen molar-refractivity contribution in [3.8, 4) is 5.75 Å². The number of hydrogen-bond donors (Lipinski definition) is 0. The first-order chi connectivity index (χ1) is 13.4. The summed E-state index contributed by atoms with van der Waals surface area (Å²) in [6.45, 7) is 3.51. The fourth-order valence-corrected chi connectivity index (χ4v) is 3.12. The minimum atomic E-state index is -0.876. The van der Waals surface area contributed by atoms with Crippen LogP contribution in [0, 0.1) is 11.6 Å². The largest absolute Gasteiger partial charge is 0.484 e. The van der Waals surface area contributed by atoms with Crippen molar-refractivity contribution in [3.63, 3.8) is 0 Å². The fraction of sp³-hybridized carbons (Fsp3) is 0.333. The Hall–Kier alpha value is -2.96. The Kier molecular flexibility index (Phi) is 6.23. The minimum absolute atomic E-state index is 0.0722. The van der Waals surface area contributed by atoms with Crippen LogP contribution in [0.2, 0.25) is 0 Å². The third kappa shape index (κ3) is 5.06. The van der Waals surface area contributed by atoms with Gasteiger partial charge in [0.15, 0.2) is 18.2 Å². The van der Waals surface area contributed by atoms with Crippen LogP contribution in [-0.4, -0.2) is 49.4 Å². The number of ketones is 1. The quantitative estimate of drug-likeness (QED) is 0.764. The van der Waals surface area contributed by atoms with Crippen molar-refractivity contribution in [1.29, 1.82) is 0 Å². The Morgan fingerprint density at radius 3 is 2.25 bits per heavy atom. The highest BCUT2D eigenvalue weighted by molar-refractivity contribution is 5.78. The van der Waals surface area contributed by atoms with Crippen LogP contribution in [0.4, 0.5) is 14.5 Å². The first-order valence-corrected chi connectivity index (χ1v) is 9.11. The molecule has 0 bridgehead atoms. The summed E-state index contributed by atoms with van der Waals surface area (Å²) in [7, 11) is 0. The minimum Gasteiger partial charge on any atom is -0.484 e. The number of hydrogen-bond acceptors (Lipinski definition) is 4. The second-order valence-electron chi connectivity index (χ2n) is 6.78. The highest BCUT2D eigenvalue weighted by atomic mass is 19.2. The number of ether oxygens (including phenoxy) is 1. The van der Waals surface area contributed by atoms with E-state index in [1.165, 1.54) is 19.1 Å². The van der Waals surface area contributed by atoms with Gasteiger partial charge in [-0.05, 0) is 36.8 Å². The first kappa shape index (κ1) is 19.8. The molecule has 28 heavy (non-hydrogen) atoms. The van der Waals surface area contributed by atoms with Gasteiger partial charge in [0, 0.05) is 44.4 Å². The number of carbonyl (C=O) groups excluding carboxylic acids is 2. The summed E-state index contributed by atoms with van der Waals surface area (Å²) >= 11 is 0. The molecule has 1 aliphatic rings. The number of rotatable bonds is 6. The zero-order valence-corrected chi connectivity index (χ0v) is 15.7. The summed E-state index contributed by atoms with van der Waals surface area (Å²) in [6.07, 6.45) is 0.376. The summed E-state index contributed by atoms with van der Waals surface area (Å²) in [6, 6.07) is 10.9. The number of Topliss-reactive ketones (excluding diaryl/α,β-unsaturated/α-hetero) is 1. The predicted octanol–water partition coefficient (Wildman–Crippen LogP) is 2.82. The molecule has 1 amide bonds. The molecule has 0 N–H and O–H groups in total. The van der Waals surface area contributed by atoms with Crippen LogP contribution in [0.15, 0.2) is 42.5 Å². The van der Waals surface area contributed by atoms with E-state index in [0.717, 1.165) is 11.6 Å². The van der Waals surface area contributed by atoms with Gasteiger partial charge in [0.2, 0.25) is 0 Å². The standard InChI is InChI=1S/C21H22F2N2O3/c1-15(26)12-16-2-5-18(6-3-16)28-14-21(27)25-10-8-24(9-11-25)17-4-7-19(22)20(23)13-17/h2-7,13H,8-12,14H2,1H3. The number of carbonyl (C=O) groups is 2. The van der Waals surface area contributed by atoms with Crippen LogP contribution in [-0.2, 0) is 16.0 Å². The van der Waals surface area contributed by atoms with Crippen molar-refractivity contribution in [2.24, 2.45) is 0 Å². The first-order valence-electron chi connectivity index (χ1n) is 9.11. The Labute approximate surface area is 162 Å². The molecule has 1 saturated heterocycles. The van der Waals surface area contributed by atoms with Crippen LogP contribution in [0.3, 0.4) is 0 Å². The Morgan fingerprint density at radius 2 is 1.64 bits per heavy atom. The molecule has 1 aliphatic heterocycles. The van der Waals surface area contributed by atoms with Crippen molar-refractivity contribution >= 4 is 17.4 Å². The predicted molar refractivity (Wildman–Crippen MR) is 101 cm³/mol. The van der Waals surface area contributed by atoms with E-state index in [-0.39, 0.29) is 18.3 Å². The molecule has 5 nitrogen and oxygen atoms in total. The number of benzene rings is 2. The average molecular weight is 388 g/mol. The summed E-state index contributed by atoms with van der Waals surface area (Å²) in [5, 5.41) is 0. The summed E-state index contributed by atoms with van der Waals surface area (Å²) in [5.74, 6) is -1.21. The molecule has 148 valence electrons. The SMILES string of the molecule is CC(=O)Cc1ccc(OCC(=O)N2CCN(c3ccc(F)c(F)c3)CC2)cc1. The van der Waals surface area contributed by atoms with E-state index in [2.05, 4.69) is 0 Å². The highest BCUT2D eigenvalue weighted by Gasteiger charge is 2.22. The van der Waals surface area contributed by atoms with Crippen LogP contribution in [0.25, 0.3) is 0 Å². The van der Waals surface area contributed by atoms with Gasteiger partial charge < -0.3 is 14.5 Å². The van der Waals surface area contributed by atoms with E-state index in [4.69, 9.17) is 4.74 Å². The van der Waals surface area contributed by atoms with Gasteiger partial charge in [-0.1, -0.05) is 12.1 Å². The third-order valence-corrected chi connectivity index (χ3v) is 4.64. The van der Waals surface area contributed by atoms with Crippen LogP contribution < -0.4 is 9.64 Å². The van der Waals surface area contributed by atoms with Crippen molar-refractivity contribution in [1.82, 2.24) is 4.90 Å². The molecule has 2 aromatic carbocycles. The van der Waals surface area contributed by atoms with E-state index in [9.17, 15) is 18.4 Å². The second kappa shape index (κ2) is 8.82. The molecule has 7 heteroatoms. The smallest absolute Gasteiger partial charge is 0.260 e. The van der Waals surface area contributed by atoms with Gasteiger partial charge in [0.05, 0.1) is 0 Å². The zero-order chi connectivity index (χ0) is 20.1. The van der Waals surface area contributed by atoms with Gasteiger partial charge in [-0.25, -0.2) is 8.78 Å². The lowest BCUT2D eigenvalue weighted by atomic mass is 10.1. The van der Waals surface area contributed by atoms with Crippen LogP contribution in [0.1, 0.15) is 12.5 Å². The summed E-state index contributed by atoms with van der Waals surface area (Å²) in [4.78, 5) is 27.1. The van der Waals surface area contributed by atoms with E-state index in [1.807, 2.05) is 17.0 Å². The van der Waals surface area contributed by atoms with Crippen molar-refractivity contribution < 1.29 is 23.1 Å². The molecule has 0 saturated carbocycles. The monoisotopic (exact) mass is 388 g/mol. The maximum Gasteiger partial charge on any atom is 0.260 e. The molecule has 1 fully saturated rings. The molecule has 0 spiro atoms.